The first-order chi connectivity index (χ1) is 15.2. The second-order valence-corrected chi connectivity index (χ2v) is 7.07. The molecule has 0 fully saturated rings. The van der Waals surface area contributed by atoms with E-state index in [-0.39, 0.29) is 11.9 Å². The van der Waals surface area contributed by atoms with Gasteiger partial charge >= 0.3 is 6.03 Å². The third-order valence-corrected chi connectivity index (χ3v) is 4.99. The van der Waals surface area contributed by atoms with Gasteiger partial charge in [-0.05, 0) is 41.1 Å². The lowest BCUT2D eigenvalue weighted by Gasteiger charge is -2.23. The summed E-state index contributed by atoms with van der Waals surface area (Å²) in [5.41, 5.74) is 2.10. The second kappa shape index (κ2) is 9.59. The van der Waals surface area contributed by atoms with Crippen molar-refractivity contribution in [1.82, 2.24) is 5.32 Å². The summed E-state index contributed by atoms with van der Waals surface area (Å²) in [6.07, 6.45) is 0. The molecule has 0 atom stereocenters. The van der Waals surface area contributed by atoms with Crippen LogP contribution in [0, 0.1) is 0 Å². The van der Waals surface area contributed by atoms with Gasteiger partial charge in [0, 0.05) is 30.0 Å². The van der Waals surface area contributed by atoms with Crippen LogP contribution in [0.3, 0.4) is 0 Å². The summed E-state index contributed by atoms with van der Waals surface area (Å²) in [4.78, 5) is 27.4. The molecule has 0 aromatic heterocycles. The summed E-state index contributed by atoms with van der Waals surface area (Å²) >= 11 is 0. The van der Waals surface area contributed by atoms with E-state index in [0.717, 1.165) is 16.5 Å². The van der Waals surface area contributed by atoms with Gasteiger partial charge < -0.3 is 10.6 Å². The summed E-state index contributed by atoms with van der Waals surface area (Å²) in [5.74, 6) is -0.159. The molecule has 0 radical (unpaired) electrons. The van der Waals surface area contributed by atoms with Gasteiger partial charge in [0.25, 0.3) is 5.91 Å². The van der Waals surface area contributed by atoms with Crippen LogP contribution < -0.4 is 15.5 Å². The third kappa shape index (κ3) is 4.90. The number of benzene rings is 4. The SMILES string of the molecule is O=C(NCCN(C(=O)Nc1ccccc1)c1ccccc1)c1cccc2ccccc12. The number of carbonyl (C=O) groups excluding carboxylic acids is 2. The molecule has 3 amide bonds. The van der Waals surface area contributed by atoms with Crippen LogP contribution in [0.5, 0.6) is 0 Å². The number of para-hydroxylation sites is 2. The van der Waals surface area contributed by atoms with E-state index in [1.54, 1.807) is 4.90 Å². The number of nitrogens with one attached hydrogen (secondary N) is 2. The number of urea groups is 1. The Balaban J connectivity index is 1.46. The first-order valence-electron chi connectivity index (χ1n) is 10.2. The van der Waals surface area contributed by atoms with Crippen molar-refractivity contribution >= 4 is 34.1 Å². The molecule has 4 aromatic rings. The van der Waals surface area contributed by atoms with Gasteiger partial charge in [-0.3, -0.25) is 9.69 Å². The summed E-state index contributed by atoms with van der Waals surface area (Å²) in [5, 5.41) is 7.78. The summed E-state index contributed by atoms with van der Waals surface area (Å²) < 4.78 is 0. The van der Waals surface area contributed by atoms with Gasteiger partial charge in [-0.15, -0.1) is 0 Å². The molecule has 0 aliphatic rings. The van der Waals surface area contributed by atoms with Crippen molar-refractivity contribution < 1.29 is 9.59 Å². The fourth-order valence-electron chi connectivity index (χ4n) is 3.47. The Hall–Kier alpha value is -4.12. The fraction of sp³-hybridized carbons (Fsp3) is 0.0769. The molecule has 0 bridgehead atoms. The van der Waals surface area contributed by atoms with Crippen molar-refractivity contribution in [3.8, 4) is 0 Å². The Morgan fingerprint density at radius 3 is 2.13 bits per heavy atom. The minimum atomic E-state index is -0.253. The predicted molar refractivity (Wildman–Crippen MR) is 126 cm³/mol. The molecule has 4 rings (SSSR count). The van der Waals surface area contributed by atoms with Crippen molar-refractivity contribution in [2.45, 2.75) is 0 Å². The van der Waals surface area contributed by atoms with E-state index < -0.39 is 0 Å². The van der Waals surface area contributed by atoms with Crippen molar-refractivity contribution in [2.75, 3.05) is 23.3 Å². The summed E-state index contributed by atoms with van der Waals surface area (Å²) in [6, 6.07) is 31.9. The van der Waals surface area contributed by atoms with Crippen LogP contribution >= 0.6 is 0 Å². The Bertz CT molecular complexity index is 1170. The zero-order chi connectivity index (χ0) is 21.5. The maximum Gasteiger partial charge on any atom is 0.326 e. The Morgan fingerprint density at radius 2 is 1.35 bits per heavy atom. The number of anilines is 2. The summed E-state index contributed by atoms with van der Waals surface area (Å²) in [7, 11) is 0. The van der Waals surface area contributed by atoms with Crippen LogP contribution in [0.25, 0.3) is 10.8 Å². The van der Waals surface area contributed by atoms with Crippen LogP contribution in [0.1, 0.15) is 10.4 Å². The van der Waals surface area contributed by atoms with Gasteiger partial charge in [-0.1, -0.05) is 72.8 Å². The van der Waals surface area contributed by atoms with Gasteiger partial charge in [0.05, 0.1) is 0 Å². The first-order valence-corrected chi connectivity index (χ1v) is 10.2. The predicted octanol–water partition coefficient (Wildman–Crippen LogP) is 5.31. The van der Waals surface area contributed by atoms with E-state index in [1.165, 1.54) is 0 Å². The molecule has 0 unspecified atom stereocenters. The van der Waals surface area contributed by atoms with Gasteiger partial charge in [-0.2, -0.15) is 0 Å². The molecule has 2 N–H and O–H groups in total. The number of nitrogens with zero attached hydrogens (tertiary/aromatic N) is 1. The maximum atomic E-state index is 12.9. The fourth-order valence-corrected chi connectivity index (χ4v) is 3.47. The number of carbonyl (C=O) groups is 2. The van der Waals surface area contributed by atoms with E-state index in [2.05, 4.69) is 10.6 Å². The van der Waals surface area contributed by atoms with Crippen molar-refractivity contribution in [2.24, 2.45) is 0 Å². The van der Waals surface area contributed by atoms with Crippen molar-refractivity contribution in [3.05, 3.63) is 109 Å². The van der Waals surface area contributed by atoms with Gasteiger partial charge in [0.15, 0.2) is 0 Å². The topological polar surface area (TPSA) is 61.4 Å². The smallest absolute Gasteiger partial charge is 0.326 e. The second-order valence-electron chi connectivity index (χ2n) is 7.07. The van der Waals surface area contributed by atoms with Crippen molar-refractivity contribution in [1.29, 1.82) is 0 Å². The molecule has 5 nitrogen and oxygen atoms in total. The molecular weight excluding hydrogens is 386 g/mol. The van der Waals surface area contributed by atoms with Crippen molar-refractivity contribution in [3.63, 3.8) is 0 Å². The Kier molecular flexibility index (Phi) is 6.24. The molecule has 4 aromatic carbocycles. The van der Waals surface area contributed by atoms with E-state index in [4.69, 9.17) is 0 Å². The number of rotatable bonds is 6. The minimum absolute atomic E-state index is 0.159. The van der Waals surface area contributed by atoms with Gasteiger partial charge in [-0.25, -0.2) is 4.79 Å². The average molecular weight is 409 g/mol. The van der Waals surface area contributed by atoms with E-state index in [0.29, 0.717) is 24.3 Å². The lowest BCUT2D eigenvalue weighted by molar-refractivity contribution is 0.0956. The van der Waals surface area contributed by atoms with E-state index >= 15 is 0 Å². The third-order valence-electron chi connectivity index (χ3n) is 4.99. The highest BCUT2D eigenvalue weighted by molar-refractivity contribution is 6.07. The molecule has 31 heavy (non-hydrogen) atoms. The standard InChI is InChI=1S/C26H23N3O2/c30-25(24-17-9-11-20-10-7-8-16-23(20)24)27-18-19-29(22-14-5-2-6-15-22)26(31)28-21-12-3-1-4-13-21/h1-17H,18-19H2,(H,27,30)(H,28,31). The largest absolute Gasteiger partial charge is 0.350 e. The van der Waals surface area contributed by atoms with Crippen LogP contribution in [-0.2, 0) is 0 Å². The molecule has 0 spiro atoms. The minimum Gasteiger partial charge on any atom is -0.350 e. The van der Waals surface area contributed by atoms with Crippen LogP contribution in [0.4, 0.5) is 16.2 Å². The zero-order valence-corrected chi connectivity index (χ0v) is 17.0. The lowest BCUT2D eigenvalue weighted by Crippen LogP contribution is -2.41. The van der Waals surface area contributed by atoms with Gasteiger partial charge in [0.1, 0.15) is 0 Å². The maximum absolute atomic E-state index is 12.9. The average Bonchev–Trinajstić information content (AvgIpc) is 2.82. The molecule has 0 heterocycles. The van der Waals surface area contributed by atoms with Crippen LogP contribution in [0.2, 0.25) is 0 Å². The van der Waals surface area contributed by atoms with Crippen LogP contribution in [0.15, 0.2) is 103 Å². The molecule has 0 aliphatic heterocycles. The summed E-state index contributed by atoms with van der Waals surface area (Å²) in [6.45, 7) is 0.651. The van der Waals surface area contributed by atoms with Gasteiger partial charge in [0.2, 0.25) is 0 Å². The lowest BCUT2D eigenvalue weighted by atomic mass is 10.0. The van der Waals surface area contributed by atoms with Crippen LogP contribution in [-0.4, -0.2) is 25.0 Å². The highest BCUT2D eigenvalue weighted by atomic mass is 16.2. The van der Waals surface area contributed by atoms with E-state index in [1.807, 2.05) is 103 Å². The molecule has 5 heteroatoms. The molecule has 0 saturated carbocycles. The number of amides is 3. The highest BCUT2D eigenvalue weighted by Gasteiger charge is 2.16. The molecule has 154 valence electrons. The zero-order valence-electron chi connectivity index (χ0n) is 17.0. The highest BCUT2D eigenvalue weighted by Crippen LogP contribution is 2.19. The first kappa shape index (κ1) is 20.2. The normalized spacial score (nSPS) is 10.5. The number of hydrogen-bond acceptors (Lipinski definition) is 2. The Labute approximate surface area is 181 Å². The van der Waals surface area contributed by atoms with E-state index in [9.17, 15) is 9.59 Å². The number of fused-ring (bicyclic) bond motifs is 1. The molecule has 0 saturated heterocycles. The number of hydrogen-bond donors (Lipinski definition) is 2. The Morgan fingerprint density at radius 1 is 0.710 bits per heavy atom. The molecule has 0 aliphatic carbocycles. The monoisotopic (exact) mass is 409 g/mol. The quantitative estimate of drug-likeness (QED) is 0.453. The molecular formula is C26H23N3O2.